The van der Waals surface area contributed by atoms with Crippen LogP contribution in [-0.4, -0.2) is 76.5 Å². The van der Waals surface area contributed by atoms with Gasteiger partial charge in [-0.25, -0.2) is 18.4 Å². The molecule has 10 nitrogen and oxygen atoms in total. The third kappa shape index (κ3) is 5.35. The molecule has 0 aliphatic carbocycles. The van der Waals surface area contributed by atoms with Crippen LogP contribution in [0.5, 0.6) is 0 Å². The van der Waals surface area contributed by atoms with E-state index in [1.165, 1.54) is 11.3 Å². The number of sulfonamides is 1. The van der Waals surface area contributed by atoms with Crippen molar-refractivity contribution in [3.05, 3.63) is 72.9 Å². The van der Waals surface area contributed by atoms with Gasteiger partial charge in [-0.1, -0.05) is 23.4 Å². The second-order valence-electron chi connectivity index (χ2n) is 9.87. The molecule has 6 rings (SSSR count). The van der Waals surface area contributed by atoms with Crippen LogP contribution in [0.3, 0.4) is 0 Å². The number of nitrogens with one attached hydrogen (secondary N) is 1. The van der Waals surface area contributed by atoms with Crippen LogP contribution in [0.15, 0.2) is 76.0 Å². The molecule has 5 aromatic rings. The van der Waals surface area contributed by atoms with E-state index in [2.05, 4.69) is 37.2 Å². The molecule has 4 aromatic heterocycles. The van der Waals surface area contributed by atoms with Gasteiger partial charge in [0.05, 0.1) is 16.1 Å². The highest BCUT2D eigenvalue weighted by atomic mass is 32.2. The van der Waals surface area contributed by atoms with Crippen molar-refractivity contribution in [2.75, 3.05) is 38.0 Å². The van der Waals surface area contributed by atoms with Gasteiger partial charge in [0.1, 0.15) is 16.4 Å². The number of hydrogen-bond acceptors (Lipinski definition) is 10. The summed E-state index contributed by atoms with van der Waals surface area (Å²) in [6.07, 6.45) is 5.17. The molecule has 0 amide bonds. The summed E-state index contributed by atoms with van der Waals surface area (Å²) >= 11 is 1.21. The molecule has 0 saturated carbocycles. The lowest BCUT2D eigenvalue weighted by Crippen LogP contribution is -2.50. The lowest BCUT2D eigenvalue weighted by molar-refractivity contribution is 0.184. The van der Waals surface area contributed by atoms with Crippen molar-refractivity contribution in [2.24, 2.45) is 0 Å². The minimum Gasteiger partial charge on any atom is -0.366 e. The van der Waals surface area contributed by atoms with Crippen LogP contribution < -0.4 is 5.32 Å². The van der Waals surface area contributed by atoms with Crippen molar-refractivity contribution in [1.29, 1.82) is 0 Å². The highest BCUT2D eigenvalue weighted by molar-refractivity contribution is 7.91. The molecule has 1 fully saturated rings. The van der Waals surface area contributed by atoms with Gasteiger partial charge in [0.15, 0.2) is 5.76 Å². The molecule has 5 heterocycles. The molecule has 0 bridgehead atoms. The number of thiophene rings is 1. The van der Waals surface area contributed by atoms with Gasteiger partial charge in [-0.3, -0.25) is 9.88 Å². The summed E-state index contributed by atoms with van der Waals surface area (Å²) in [6.45, 7) is 6.89. The summed E-state index contributed by atoms with van der Waals surface area (Å²) < 4.78 is 33.8. The van der Waals surface area contributed by atoms with Crippen LogP contribution in [0, 0.1) is 6.92 Å². The Hall–Kier alpha value is -3.71. The normalized spacial score (nSPS) is 15.8. The van der Waals surface area contributed by atoms with Crippen LogP contribution in [0.4, 0.5) is 5.82 Å². The Morgan fingerprint density at radius 2 is 1.93 bits per heavy atom. The monoisotopic (exact) mass is 575 g/mol. The number of anilines is 1. The number of piperazine rings is 1. The first-order valence-electron chi connectivity index (χ1n) is 13.1. The fourth-order valence-electron chi connectivity index (χ4n) is 4.97. The van der Waals surface area contributed by atoms with Crippen molar-refractivity contribution < 1.29 is 12.9 Å². The number of aromatic nitrogens is 4. The standard InChI is InChI=1S/C28H29N7O3S2/c1-19-15-24(38-33-19)25-8-9-26(39-25)40(36,37)35-13-11-34(12-14-35)17-20(2)32-28-23-7-3-6-22(27(23)30-18-31-28)21-5-4-10-29-16-21/h3-10,15-16,18,20H,11-14,17H2,1-2H3,(H,30,31,32). The Labute approximate surface area is 236 Å². The summed E-state index contributed by atoms with van der Waals surface area (Å²) in [4.78, 5) is 16.4. The molecule has 1 saturated heterocycles. The highest BCUT2D eigenvalue weighted by Gasteiger charge is 2.30. The smallest absolute Gasteiger partial charge is 0.252 e. The van der Waals surface area contributed by atoms with Crippen LogP contribution in [0.25, 0.3) is 32.7 Å². The van der Waals surface area contributed by atoms with E-state index in [0.29, 0.717) is 36.1 Å². The number of hydrogen-bond donors (Lipinski definition) is 1. The molecule has 1 aliphatic rings. The lowest BCUT2D eigenvalue weighted by atomic mass is 10.0. The van der Waals surface area contributed by atoms with E-state index < -0.39 is 10.0 Å². The zero-order valence-electron chi connectivity index (χ0n) is 22.2. The number of nitrogens with zero attached hydrogens (tertiary/aromatic N) is 6. The molecule has 40 heavy (non-hydrogen) atoms. The number of rotatable bonds is 8. The van der Waals surface area contributed by atoms with Gasteiger partial charge in [-0.2, -0.15) is 4.31 Å². The average molecular weight is 576 g/mol. The molecule has 1 aliphatic heterocycles. The SMILES string of the molecule is Cc1cc(-c2ccc(S(=O)(=O)N3CCN(CC(C)Nc4ncnc5c(-c6cccnc6)cccc45)CC3)s2)on1. The van der Waals surface area contributed by atoms with E-state index in [4.69, 9.17) is 4.52 Å². The largest absolute Gasteiger partial charge is 0.366 e. The Kier molecular flexibility index (Phi) is 7.32. The number of para-hydroxylation sites is 1. The number of pyridine rings is 1. The van der Waals surface area contributed by atoms with Gasteiger partial charge in [-0.15, -0.1) is 11.3 Å². The van der Waals surface area contributed by atoms with Gasteiger partial charge in [0.25, 0.3) is 10.0 Å². The predicted molar refractivity (Wildman–Crippen MR) is 156 cm³/mol. The summed E-state index contributed by atoms with van der Waals surface area (Å²) in [7, 11) is -3.57. The summed E-state index contributed by atoms with van der Waals surface area (Å²) in [5.41, 5.74) is 3.64. The number of benzene rings is 1. The van der Waals surface area contributed by atoms with Gasteiger partial charge in [0.2, 0.25) is 0 Å². The minimum atomic E-state index is -3.57. The minimum absolute atomic E-state index is 0.0912. The highest BCUT2D eigenvalue weighted by Crippen LogP contribution is 2.33. The van der Waals surface area contributed by atoms with Gasteiger partial charge < -0.3 is 9.84 Å². The zero-order valence-corrected chi connectivity index (χ0v) is 23.8. The molecule has 1 unspecified atom stereocenters. The molecule has 12 heteroatoms. The van der Waals surface area contributed by atoms with Crippen molar-refractivity contribution in [3.8, 4) is 21.8 Å². The fourth-order valence-corrected chi connectivity index (χ4v) is 7.81. The average Bonchev–Trinajstić information content (AvgIpc) is 3.64. The third-order valence-corrected chi connectivity index (χ3v) is 10.4. The maximum atomic E-state index is 13.3. The summed E-state index contributed by atoms with van der Waals surface area (Å²) in [5.74, 6) is 1.36. The van der Waals surface area contributed by atoms with E-state index in [0.717, 1.165) is 45.0 Å². The molecule has 1 aromatic carbocycles. The Morgan fingerprint density at radius 3 is 2.67 bits per heavy atom. The van der Waals surface area contributed by atoms with Crippen LogP contribution in [-0.2, 0) is 10.0 Å². The first-order chi connectivity index (χ1) is 19.4. The molecular formula is C28H29N7O3S2. The quantitative estimate of drug-likeness (QED) is 0.285. The molecule has 0 radical (unpaired) electrons. The third-order valence-electron chi connectivity index (χ3n) is 6.93. The van der Waals surface area contributed by atoms with Gasteiger partial charge in [-0.05, 0) is 38.1 Å². The fraction of sp³-hybridized carbons (Fsp3) is 0.286. The number of aryl methyl sites for hydroxylation is 1. The first kappa shape index (κ1) is 26.5. The zero-order chi connectivity index (χ0) is 27.7. The number of fused-ring (bicyclic) bond motifs is 1. The van der Waals surface area contributed by atoms with Gasteiger partial charge >= 0.3 is 0 Å². The van der Waals surface area contributed by atoms with E-state index in [1.54, 1.807) is 35.0 Å². The van der Waals surface area contributed by atoms with E-state index >= 15 is 0 Å². The molecule has 1 atom stereocenters. The Balaban J connectivity index is 1.09. The molecular weight excluding hydrogens is 546 g/mol. The molecule has 0 spiro atoms. The summed E-state index contributed by atoms with van der Waals surface area (Å²) in [6, 6.07) is 15.3. The van der Waals surface area contributed by atoms with Crippen LogP contribution >= 0.6 is 11.3 Å². The molecule has 206 valence electrons. The van der Waals surface area contributed by atoms with Crippen molar-refractivity contribution in [2.45, 2.75) is 24.1 Å². The van der Waals surface area contributed by atoms with Crippen molar-refractivity contribution in [1.82, 2.24) is 29.3 Å². The Morgan fingerprint density at radius 1 is 1.07 bits per heavy atom. The van der Waals surface area contributed by atoms with Crippen molar-refractivity contribution >= 4 is 38.1 Å². The van der Waals surface area contributed by atoms with Gasteiger partial charge in [0, 0.05) is 73.7 Å². The first-order valence-corrected chi connectivity index (χ1v) is 15.3. The van der Waals surface area contributed by atoms with Crippen LogP contribution in [0.1, 0.15) is 12.6 Å². The predicted octanol–water partition coefficient (Wildman–Crippen LogP) is 4.52. The summed E-state index contributed by atoms with van der Waals surface area (Å²) in [5, 5.41) is 8.39. The lowest BCUT2D eigenvalue weighted by Gasteiger charge is -2.35. The van der Waals surface area contributed by atoms with E-state index in [9.17, 15) is 8.42 Å². The van der Waals surface area contributed by atoms with Crippen molar-refractivity contribution in [3.63, 3.8) is 0 Å². The van der Waals surface area contributed by atoms with Crippen LogP contribution in [0.2, 0.25) is 0 Å². The Bertz CT molecular complexity index is 1730. The maximum absolute atomic E-state index is 13.3. The van der Waals surface area contributed by atoms with E-state index in [-0.39, 0.29) is 6.04 Å². The second-order valence-corrected chi connectivity index (χ2v) is 13.1. The molecule has 1 N–H and O–H groups in total. The van der Waals surface area contributed by atoms with E-state index in [1.807, 2.05) is 43.5 Å². The second kappa shape index (κ2) is 11.0. The topological polar surface area (TPSA) is 117 Å². The maximum Gasteiger partial charge on any atom is 0.252 e.